The molecule has 1 aliphatic rings. The summed E-state index contributed by atoms with van der Waals surface area (Å²) in [6.07, 6.45) is 3.76. The van der Waals surface area contributed by atoms with Crippen molar-refractivity contribution in [2.24, 2.45) is 0 Å². The van der Waals surface area contributed by atoms with E-state index in [-0.39, 0.29) is 24.6 Å². The van der Waals surface area contributed by atoms with E-state index in [1.807, 2.05) is 18.2 Å². The second-order valence-electron chi connectivity index (χ2n) is 8.23. The van der Waals surface area contributed by atoms with Crippen LogP contribution in [0.2, 0.25) is 0 Å². The third kappa shape index (κ3) is 4.16. The van der Waals surface area contributed by atoms with E-state index in [4.69, 9.17) is 4.74 Å². The molecular formula is C26H22N4O5S. The quantitative estimate of drug-likeness (QED) is 0.246. The van der Waals surface area contributed by atoms with Gasteiger partial charge in [0.05, 0.1) is 39.5 Å². The minimum Gasteiger partial charge on any atom is -0.494 e. The zero-order valence-corrected chi connectivity index (χ0v) is 20.2. The van der Waals surface area contributed by atoms with Gasteiger partial charge in [-0.2, -0.15) is 0 Å². The number of nitrogens with one attached hydrogen (secondary N) is 1. The van der Waals surface area contributed by atoms with Gasteiger partial charge in [0.25, 0.3) is 17.6 Å². The molecule has 1 fully saturated rings. The fraction of sp³-hybridized carbons (Fsp3) is 0.192. The average molecular weight is 503 g/mol. The number of aldehydes is 1. The third-order valence-corrected chi connectivity index (χ3v) is 7.20. The van der Waals surface area contributed by atoms with Gasteiger partial charge in [-0.25, -0.2) is 4.98 Å². The number of rotatable bonds is 6. The molecule has 1 aromatic carbocycles. The van der Waals surface area contributed by atoms with Crippen LogP contribution in [-0.4, -0.2) is 76.9 Å². The van der Waals surface area contributed by atoms with Gasteiger partial charge in [0.1, 0.15) is 11.4 Å². The normalized spacial score (nSPS) is 13.6. The number of ketones is 1. The summed E-state index contributed by atoms with van der Waals surface area (Å²) in [5.41, 5.74) is 1.88. The second-order valence-corrected chi connectivity index (χ2v) is 9.34. The Morgan fingerprint density at radius 2 is 1.75 bits per heavy atom. The number of methoxy groups -OCH3 is 1. The summed E-state index contributed by atoms with van der Waals surface area (Å²) in [5, 5.41) is 0.458. The van der Waals surface area contributed by atoms with Gasteiger partial charge in [-0.1, -0.05) is 18.2 Å². The summed E-state index contributed by atoms with van der Waals surface area (Å²) in [7, 11) is 1.47. The van der Waals surface area contributed by atoms with Crippen molar-refractivity contribution in [2.45, 2.75) is 0 Å². The molecule has 5 rings (SSSR count). The number of carbonyl (C=O) groups excluding carboxylic acids is 4. The first-order valence-electron chi connectivity index (χ1n) is 11.3. The minimum absolute atomic E-state index is 0.0956. The number of Topliss-reactive ketones (excluding diaryl/α,β-unsaturated/α-hetero) is 1. The standard InChI is InChI=1S/C26H22N4O5S/c1-35-19-14-28-22(20-8-7-17(15-31)36-20)23-21(19)18(13-27-23)24(32)26(34)30-11-9-29(10-12-30)25(33)16-5-3-2-4-6-16/h2-8,13-15,27H,9-12H2,1H3. The molecule has 0 spiro atoms. The molecule has 0 radical (unpaired) electrons. The van der Waals surface area contributed by atoms with Crippen LogP contribution in [0.15, 0.2) is 54.9 Å². The Kier molecular flexibility index (Phi) is 6.34. The highest BCUT2D eigenvalue weighted by atomic mass is 32.1. The summed E-state index contributed by atoms with van der Waals surface area (Å²) in [6.45, 7) is 1.21. The Balaban J connectivity index is 1.37. The zero-order valence-electron chi connectivity index (χ0n) is 19.4. The first kappa shape index (κ1) is 23.4. The lowest BCUT2D eigenvalue weighted by atomic mass is 10.1. The lowest BCUT2D eigenvalue weighted by molar-refractivity contribution is -0.127. The number of aromatic amines is 1. The highest BCUT2D eigenvalue weighted by Crippen LogP contribution is 2.37. The molecule has 0 unspecified atom stereocenters. The molecule has 0 saturated carbocycles. The number of benzene rings is 1. The summed E-state index contributed by atoms with van der Waals surface area (Å²) < 4.78 is 5.45. The van der Waals surface area contributed by atoms with Crippen molar-refractivity contribution in [2.75, 3.05) is 33.3 Å². The number of amides is 2. The van der Waals surface area contributed by atoms with Crippen LogP contribution in [0.5, 0.6) is 5.75 Å². The monoisotopic (exact) mass is 502 g/mol. The van der Waals surface area contributed by atoms with Crippen molar-refractivity contribution in [3.05, 3.63) is 70.9 Å². The Labute approximate surface area is 210 Å². The highest BCUT2D eigenvalue weighted by molar-refractivity contribution is 7.17. The van der Waals surface area contributed by atoms with E-state index in [1.165, 1.54) is 35.7 Å². The van der Waals surface area contributed by atoms with Crippen LogP contribution < -0.4 is 4.74 Å². The Hall–Kier alpha value is -4.31. The number of nitrogens with zero attached hydrogens (tertiary/aromatic N) is 3. The smallest absolute Gasteiger partial charge is 0.295 e. The summed E-state index contributed by atoms with van der Waals surface area (Å²) >= 11 is 1.28. The van der Waals surface area contributed by atoms with Crippen LogP contribution in [0.3, 0.4) is 0 Å². The molecule has 0 atom stereocenters. The van der Waals surface area contributed by atoms with Crippen LogP contribution in [0.25, 0.3) is 21.5 Å². The summed E-state index contributed by atoms with van der Waals surface area (Å²) in [5.74, 6) is -1.04. The van der Waals surface area contributed by atoms with Crippen molar-refractivity contribution >= 4 is 46.1 Å². The van der Waals surface area contributed by atoms with E-state index in [1.54, 1.807) is 29.2 Å². The molecule has 0 aliphatic carbocycles. The number of carbonyl (C=O) groups is 4. The van der Waals surface area contributed by atoms with Crippen LogP contribution >= 0.6 is 11.3 Å². The lowest BCUT2D eigenvalue weighted by Gasteiger charge is -2.34. The molecule has 1 saturated heterocycles. The van der Waals surface area contributed by atoms with Gasteiger partial charge >= 0.3 is 0 Å². The van der Waals surface area contributed by atoms with Gasteiger partial charge in [-0.05, 0) is 24.3 Å². The molecule has 4 aromatic rings. The number of fused-ring (bicyclic) bond motifs is 1. The second kappa shape index (κ2) is 9.74. The predicted molar refractivity (Wildman–Crippen MR) is 135 cm³/mol. The fourth-order valence-electron chi connectivity index (χ4n) is 4.32. The molecule has 36 heavy (non-hydrogen) atoms. The van der Waals surface area contributed by atoms with E-state index in [9.17, 15) is 19.2 Å². The highest BCUT2D eigenvalue weighted by Gasteiger charge is 2.31. The number of aromatic nitrogens is 2. The first-order chi connectivity index (χ1) is 17.5. The lowest BCUT2D eigenvalue weighted by Crippen LogP contribution is -2.52. The number of hydrogen-bond acceptors (Lipinski definition) is 7. The largest absolute Gasteiger partial charge is 0.494 e. The minimum atomic E-state index is -0.667. The van der Waals surface area contributed by atoms with Gasteiger partial charge in [-0.15, -0.1) is 11.3 Å². The average Bonchev–Trinajstić information content (AvgIpc) is 3.60. The van der Waals surface area contributed by atoms with Crippen molar-refractivity contribution in [3.63, 3.8) is 0 Å². The van der Waals surface area contributed by atoms with Crippen molar-refractivity contribution < 1.29 is 23.9 Å². The Morgan fingerprint density at radius 3 is 2.42 bits per heavy atom. The van der Waals surface area contributed by atoms with Crippen LogP contribution in [0.4, 0.5) is 0 Å². The number of H-pyrrole nitrogens is 1. The maximum atomic E-state index is 13.3. The van der Waals surface area contributed by atoms with Crippen molar-refractivity contribution in [1.82, 2.24) is 19.8 Å². The molecule has 2 amide bonds. The zero-order chi connectivity index (χ0) is 25.2. The molecular weight excluding hydrogens is 480 g/mol. The Bertz CT molecular complexity index is 1470. The molecule has 4 heterocycles. The van der Waals surface area contributed by atoms with E-state index in [0.29, 0.717) is 45.9 Å². The Morgan fingerprint density at radius 1 is 1.03 bits per heavy atom. The number of piperazine rings is 1. The van der Waals surface area contributed by atoms with E-state index in [2.05, 4.69) is 9.97 Å². The van der Waals surface area contributed by atoms with Gasteiger partial charge < -0.3 is 19.5 Å². The summed E-state index contributed by atoms with van der Waals surface area (Å²) in [6, 6.07) is 12.5. The van der Waals surface area contributed by atoms with E-state index >= 15 is 0 Å². The van der Waals surface area contributed by atoms with Gasteiger partial charge in [0.2, 0.25) is 0 Å². The fourth-order valence-corrected chi connectivity index (χ4v) is 5.14. The SMILES string of the molecule is COc1cnc(-c2ccc(C=O)s2)c2[nH]cc(C(=O)C(=O)N3CCN(C(=O)c4ccccc4)CC3)c12. The van der Waals surface area contributed by atoms with Gasteiger partial charge in [-0.3, -0.25) is 19.2 Å². The van der Waals surface area contributed by atoms with Gasteiger partial charge in [0.15, 0.2) is 6.29 Å². The molecule has 182 valence electrons. The molecule has 10 heteroatoms. The molecule has 1 N–H and O–H groups in total. The predicted octanol–water partition coefficient (Wildman–Crippen LogP) is 3.28. The maximum absolute atomic E-state index is 13.3. The first-order valence-corrected chi connectivity index (χ1v) is 12.1. The van der Waals surface area contributed by atoms with E-state index in [0.717, 1.165) is 11.2 Å². The molecule has 3 aromatic heterocycles. The molecule has 1 aliphatic heterocycles. The van der Waals surface area contributed by atoms with Gasteiger partial charge in [0, 0.05) is 37.9 Å². The van der Waals surface area contributed by atoms with Crippen molar-refractivity contribution in [3.8, 4) is 16.3 Å². The molecule has 0 bridgehead atoms. The number of pyridine rings is 1. The van der Waals surface area contributed by atoms with Crippen LogP contribution in [-0.2, 0) is 4.79 Å². The topological polar surface area (TPSA) is 113 Å². The maximum Gasteiger partial charge on any atom is 0.295 e. The number of ether oxygens (including phenoxy) is 1. The number of thiophene rings is 1. The summed E-state index contributed by atoms with van der Waals surface area (Å²) in [4.78, 5) is 62.2. The third-order valence-electron chi connectivity index (χ3n) is 6.18. The van der Waals surface area contributed by atoms with Crippen LogP contribution in [0.1, 0.15) is 30.4 Å². The molecule has 9 nitrogen and oxygen atoms in total. The number of hydrogen-bond donors (Lipinski definition) is 1. The van der Waals surface area contributed by atoms with E-state index < -0.39 is 11.7 Å². The van der Waals surface area contributed by atoms with Crippen LogP contribution in [0, 0.1) is 0 Å². The van der Waals surface area contributed by atoms with Crippen molar-refractivity contribution in [1.29, 1.82) is 0 Å².